The average molecular weight is 598 g/mol. The molecule has 1 saturated heterocycles. The normalized spacial score (nSPS) is 21.1. The molecule has 0 radical (unpaired) electrons. The van der Waals surface area contributed by atoms with E-state index in [1.807, 2.05) is 6.08 Å². The van der Waals surface area contributed by atoms with Crippen LogP contribution in [0, 0.1) is 0 Å². The summed E-state index contributed by atoms with van der Waals surface area (Å²) in [5.41, 5.74) is 1.17. The first-order chi connectivity index (χ1) is 16.2. The van der Waals surface area contributed by atoms with Crippen molar-refractivity contribution in [2.75, 3.05) is 19.6 Å². The van der Waals surface area contributed by atoms with Crippen LogP contribution in [-0.2, 0) is 0 Å². The van der Waals surface area contributed by atoms with E-state index in [9.17, 15) is 4.79 Å². The predicted octanol–water partition coefficient (Wildman–Crippen LogP) is 7.94. The van der Waals surface area contributed by atoms with Crippen molar-refractivity contribution in [3.05, 3.63) is 62.8 Å². The van der Waals surface area contributed by atoms with Crippen molar-refractivity contribution in [3.63, 3.8) is 0 Å². The number of nitrogens with zero attached hydrogens (tertiary/aromatic N) is 2. The third kappa shape index (κ3) is 6.49. The minimum atomic E-state index is -1.98. The fraction of sp³-hybridized carbons (Fsp3) is 0.519. The van der Waals surface area contributed by atoms with E-state index in [4.69, 9.17) is 16.0 Å². The van der Waals surface area contributed by atoms with E-state index in [2.05, 4.69) is 110 Å². The molecule has 0 aliphatic carbocycles. The van der Waals surface area contributed by atoms with E-state index in [0.29, 0.717) is 17.0 Å². The van der Waals surface area contributed by atoms with Crippen LogP contribution in [-0.4, -0.2) is 55.1 Å². The molecular formula is C27H38BrClN2O2SSi. The van der Waals surface area contributed by atoms with Crippen LogP contribution in [0.25, 0.3) is 0 Å². The average Bonchev–Trinajstić information content (AvgIpc) is 3.12. The Morgan fingerprint density at radius 1 is 1.29 bits per heavy atom. The summed E-state index contributed by atoms with van der Waals surface area (Å²) in [7, 11) is -1.98. The van der Waals surface area contributed by atoms with Gasteiger partial charge in [-0.1, -0.05) is 39.0 Å². The molecule has 4 nitrogen and oxygen atoms in total. The van der Waals surface area contributed by atoms with Gasteiger partial charge in [-0.25, -0.2) is 0 Å². The number of benzene rings is 1. The summed E-state index contributed by atoms with van der Waals surface area (Å²) in [6.45, 7) is 22.5. The highest BCUT2D eigenvalue weighted by atomic mass is 79.9. The Morgan fingerprint density at radius 2 is 1.97 bits per heavy atom. The third-order valence-electron chi connectivity index (χ3n) is 7.37. The number of piperazine rings is 1. The molecule has 1 fully saturated rings. The molecular weight excluding hydrogens is 560 g/mol. The summed E-state index contributed by atoms with van der Waals surface area (Å²) in [4.78, 5) is 18.7. The Balaban J connectivity index is 2.06. The maximum atomic E-state index is 12.1. The van der Waals surface area contributed by atoms with Crippen LogP contribution in [0.2, 0.25) is 18.1 Å². The van der Waals surface area contributed by atoms with Crippen molar-refractivity contribution in [1.29, 1.82) is 0 Å². The molecule has 1 aliphatic rings. The van der Waals surface area contributed by atoms with Crippen molar-refractivity contribution < 1.29 is 9.22 Å². The molecule has 0 spiro atoms. The van der Waals surface area contributed by atoms with Gasteiger partial charge in [-0.2, -0.15) is 0 Å². The van der Waals surface area contributed by atoms with Crippen molar-refractivity contribution >= 4 is 52.4 Å². The van der Waals surface area contributed by atoms with E-state index in [0.717, 1.165) is 34.7 Å². The second-order valence-corrected chi connectivity index (χ2v) is 18.1. The number of hydrogen-bond acceptors (Lipinski definition) is 5. The summed E-state index contributed by atoms with van der Waals surface area (Å²) in [5.74, 6) is 0.911. The van der Waals surface area contributed by atoms with E-state index < -0.39 is 13.6 Å². The highest BCUT2D eigenvalue weighted by molar-refractivity contribution is 9.10. The van der Waals surface area contributed by atoms with Crippen LogP contribution >= 0.6 is 38.9 Å². The Morgan fingerprint density at radius 3 is 2.54 bits per heavy atom. The zero-order valence-corrected chi connectivity index (χ0v) is 26.1. The summed E-state index contributed by atoms with van der Waals surface area (Å²) in [5, 5.41) is -0.318. The molecule has 2 aromatic rings. The van der Waals surface area contributed by atoms with Crippen LogP contribution in [0.4, 0.5) is 0 Å². The molecule has 192 valence electrons. The van der Waals surface area contributed by atoms with Crippen molar-refractivity contribution in [1.82, 2.24) is 9.80 Å². The minimum absolute atomic E-state index is 0.00707. The molecule has 1 aliphatic heterocycles. The summed E-state index contributed by atoms with van der Waals surface area (Å²) >= 11 is 10.9. The summed E-state index contributed by atoms with van der Waals surface area (Å²) in [6, 6.07) is 11.3. The molecule has 0 saturated carbocycles. The largest absolute Gasteiger partial charge is 0.543 e. The van der Waals surface area contributed by atoms with Crippen molar-refractivity contribution in [2.24, 2.45) is 0 Å². The molecule has 3 atom stereocenters. The third-order valence-corrected chi connectivity index (χ3v) is 14.1. The van der Waals surface area contributed by atoms with E-state index in [1.165, 1.54) is 16.9 Å². The first-order valence-electron chi connectivity index (χ1n) is 12.1. The lowest BCUT2D eigenvalue weighted by Gasteiger charge is -2.47. The highest BCUT2D eigenvalue weighted by Gasteiger charge is 2.40. The van der Waals surface area contributed by atoms with Gasteiger partial charge in [-0.05, 0) is 83.3 Å². The van der Waals surface area contributed by atoms with Crippen molar-refractivity contribution in [3.8, 4) is 5.75 Å². The first kappa shape index (κ1) is 28.6. The Labute approximate surface area is 229 Å². The standard InChI is InChI=1S/C27H38BrClN2O2SSi/c1-9-13-30-16-19(3)31(17-18(30)2)24(23-15-22(28)25(34-23)26(29)32)20-11-10-12-21(14-20)33-35(7,8)27(4,5)6/h9-12,14-15,18-19,24H,1,13,16-17H2,2-8H3/t18-,19+,24+/m1/s1. The van der Waals surface area contributed by atoms with Gasteiger partial charge in [0, 0.05) is 41.1 Å². The fourth-order valence-electron chi connectivity index (χ4n) is 4.38. The van der Waals surface area contributed by atoms with E-state index in [1.54, 1.807) is 0 Å². The van der Waals surface area contributed by atoms with Gasteiger partial charge in [0.25, 0.3) is 5.24 Å². The molecule has 8 heteroatoms. The smallest absolute Gasteiger partial charge is 0.263 e. The predicted molar refractivity (Wildman–Crippen MR) is 156 cm³/mol. The Hall–Kier alpha value is -0.963. The number of carbonyl (C=O) groups excluding carboxylic acids is 1. The van der Waals surface area contributed by atoms with Crippen LogP contribution in [0.3, 0.4) is 0 Å². The second kappa shape index (κ2) is 11.2. The Kier molecular flexibility index (Phi) is 9.15. The number of carbonyl (C=O) groups is 1. The van der Waals surface area contributed by atoms with Crippen molar-refractivity contribution in [2.45, 2.75) is 70.9 Å². The lowest BCUT2D eigenvalue weighted by molar-refractivity contribution is 0.0315. The molecule has 0 amide bonds. The number of rotatable bonds is 8. The fourth-order valence-corrected chi connectivity index (χ4v) is 7.58. The maximum absolute atomic E-state index is 12.1. The number of halogens is 2. The molecule has 1 aromatic heterocycles. The second-order valence-electron chi connectivity index (χ2n) is 11.1. The zero-order valence-electron chi connectivity index (χ0n) is 21.9. The van der Waals surface area contributed by atoms with E-state index in [-0.39, 0.29) is 11.1 Å². The monoisotopic (exact) mass is 596 g/mol. The van der Waals surface area contributed by atoms with Gasteiger partial charge in [0.05, 0.1) is 6.04 Å². The van der Waals surface area contributed by atoms with Gasteiger partial charge in [0.15, 0.2) is 0 Å². The van der Waals surface area contributed by atoms with Crippen LogP contribution in [0.15, 0.2) is 47.5 Å². The van der Waals surface area contributed by atoms with E-state index >= 15 is 0 Å². The quantitative estimate of drug-likeness (QED) is 0.176. The number of hydrogen-bond donors (Lipinski definition) is 0. The molecule has 3 rings (SSSR count). The molecule has 0 unspecified atom stereocenters. The molecule has 0 bridgehead atoms. The van der Waals surface area contributed by atoms with Gasteiger partial charge in [0.2, 0.25) is 8.32 Å². The van der Waals surface area contributed by atoms with Crippen LogP contribution in [0.1, 0.15) is 60.8 Å². The lowest BCUT2D eigenvalue weighted by Crippen LogP contribution is -2.57. The first-order valence-corrected chi connectivity index (χ1v) is 17.0. The van der Waals surface area contributed by atoms with Crippen LogP contribution < -0.4 is 4.43 Å². The lowest BCUT2D eigenvalue weighted by atomic mass is 9.98. The summed E-state index contributed by atoms with van der Waals surface area (Å²) < 4.78 is 7.42. The van der Waals surface area contributed by atoms with Gasteiger partial charge in [0.1, 0.15) is 10.6 Å². The minimum Gasteiger partial charge on any atom is -0.543 e. The van der Waals surface area contributed by atoms with Gasteiger partial charge >= 0.3 is 0 Å². The van der Waals surface area contributed by atoms with Crippen LogP contribution in [0.5, 0.6) is 5.75 Å². The summed E-state index contributed by atoms with van der Waals surface area (Å²) in [6.07, 6.45) is 1.98. The molecule has 2 heterocycles. The molecule has 35 heavy (non-hydrogen) atoms. The highest BCUT2D eigenvalue weighted by Crippen LogP contribution is 2.42. The van der Waals surface area contributed by atoms with Gasteiger partial charge in [-0.3, -0.25) is 14.6 Å². The molecule has 1 aromatic carbocycles. The SMILES string of the molecule is C=CCN1C[C@H](C)N([C@@H](c2cccc(O[Si](C)(C)C(C)(C)C)c2)c2cc(Br)c(C(=O)Cl)s2)C[C@H]1C. The Bertz CT molecular complexity index is 1070. The maximum Gasteiger partial charge on any atom is 0.263 e. The van der Waals surface area contributed by atoms with Gasteiger partial charge in [-0.15, -0.1) is 17.9 Å². The van der Waals surface area contributed by atoms with Gasteiger partial charge < -0.3 is 4.43 Å². The topological polar surface area (TPSA) is 32.8 Å². The molecule has 0 N–H and O–H groups in total. The zero-order chi connectivity index (χ0) is 26.1. The number of thiophene rings is 1.